The van der Waals surface area contributed by atoms with Gasteiger partial charge < -0.3 is 4.74 Å². The Morgan fingerprint density at radius 1 is 1.33 bits per heavy atom. The van der Waals surface area contributed by atoms with Gasteiger partial charge in [0.2, 0.25) is 0 Å². The average Bonchev–Trinajstić information content (AvgIpc) is 2.41. The Morgan fingerprint density at radius 2 is 2.17 bits per heavy atom. The molecule has 0 radical (unpaired) electrons. The first-order valence-electron chi connectivity index (χ1n) is 5.58. The summed E-state index contributed by atoms with van der Waals surface area (Å²) in [6.45, 7) is 1.95. The highest BCUT2D eigenvalue weighted by Gasteiger charge is 2.16. The standard InChI is InChI=1S/C14H13N3O/c1-10-8-11(5-6-14(10)18-2)12(9-15)13-4-3-7-16-17-13/h3-8,12H,1-2H3. The summed E-state index contributed by atoms with van der Waals surface area (Å²) < 4.78 is 5.21. The summed E-state index contributed by atoms with van der Waals surface area (Å²) in [6, 6.07) is 11.5. The van der Waals surface area contributed by atoms with E-state index in [-0.39, 0.29) is 0 Å². The molecule has 1 aromatic carbocycles. The minimum Gasteiger partial charge on any atom is -0.496 e. The number of aromatic nitrogens is 2. The van der Waals surface area contributed by atoms with Gasteiger partial charge in [0.25, 0.3) is 0 Å². The Hall–Kier alpha value is -2.41. The maximum atomic E-state index is 9.30. The molecule has 2 rings (SSSR count). The van der Waals surface area contributed by atoms with Gasteiger partial charge in [0.1, 0.15) is 11.7 Å². The molecule has 0 saturated carbocycles. The van der Waals surface area contributed by atoms with Crippen LogP contribution >= 0.6 is 0 Å². The smallest absolute Gasteiger partial charge is 0.121 e. The number of hydrogen-bond acceptors (Lipinski definition) is 4. The quantitative estimate of drug-likeness (QED) is 0.825. The van der Waals surface area contributed by atoms with Gasteiger partial charge in [0, 0.05) is 6.20 Å². The molecule has 0 aliphatic carbocycles. The minimum atomic E-state index is -0.400. The van der Waals surface area contributed by atoms with Crippen LogP contribution in [0.25, 0.3) is 0 Å². The summed E-state index contributed by atoms with van der Waals surface area (Å²) >= 11 is 0. The summed E-state index contributed by atoms with van der Waals surface area (Å²) in [5.74, 6) is 0.415. The first-order chi connectivity index (χ1) is 8.76. The van der Waals surface area contributed by atoms with Crippen LogP contribution in [0.15, 0.2) is 36.5 Å². The molecule has 0 spiro atoms. The van der Waals surface area contributed by atoms with Gasteiger partial charge in [0.15, 0.2) is 0 Å². The molecule has 4 nitrogen and oxygen atoms in total. The summed E-state index contributed by atoms with van der Waals surface area (Å²) in [5, 5.41) is 17.1. The molecule has 18 heavy (non-hydrogen) atoms. The van der Waals surface area contributed by atoms with E-state index in [1.54, 1.807) is 25.4 Å². The van der Waals surface area contributed by atoms with Crippen LogP contribution < -0.4 is 4.74 Å². The third-order valence-corrected chi connectivity index (χ3v) is 2.77. The molecule has 90 valence electrons. The number of hydrogen-bond donors (Lipinski definition) is 0. The Balaban J connectivity index is 2.41. The number of methoxy groups -OCH3 is 1. The molecular weight excluding hydrogens is 226 g/mol. The van der Waals surface area contributed by atoms with E-state index in [1.165, 1.54) is 0 Å². The molecule has 1 aromatic heterocycles. The number of nitrogens with zero attached hydrogens (tertiary/aromatic N) is 3. The van der Waals surface area contributed by atoms with Crippen molar-refractivity contribution < 1.29 is 4.74 Å². The summed E-state index contributed by atoms with van der Waals surface area (Å²) in [4.78, 5) is 0. The molecule has 1 heterocycles. The van der Waals surface area contributed by atoms with Crippen molar-refractivity contribution in [1.82, 2.24) is 10.2 Å². The predicted molar refractivity (Wildman–Crippen MR) is 67.2 cm³/mol. The highest BCUT2D eigenvalue weighted by atomic mass is 16.5. The zero-order chi connectivity index (χ0) is 13.0. The Bertz CT molecular complexity index is 575. The number of aryl methyl sites for hydroxylation is 1. The lowest BCUT2D eigenvalue weighted by atomic mass is 9.95. The average molecular weight is 239 g/mol. The molecule has 0 fully saturated rings. The number of rotatable bonds is 3. The first-order valence-corrected chi connectivity index (χ1v) is 5.58. The van der Waals surface area contributed by atoms with Crippen LogP contribution in [-0.4, -0.2) is 17.3 Å². The summed E-state index contributed by atoms with van der Waals surface area (Å²) in [5.41, 5.74) is 2.56. The number of ether oxygens (including phenoxy) is 1. The van der Waals surface area contributed by atoms with Gasteiger partial charge in [-0.2, -0.15) is 15.5 Å². The molecule has 0 bridgehead atoms. The van der Waals surface area contributed by atoms with Crippen LogP contribution in [0.2, 0.25) is 0 Å². The molecular formula is C14H13N3O. The van der Waals surface area contributed by atoms with Crippen molar-refractivity contribution in [3.63, 3.8) is 0 Å². The lowest BCUT2D eigenvalue weighted by molar-refractivity contribution is 0.411. The van der Waals surface area contributed by atoms with Crippen molar-refractivity contribution in [2.45, 2.75) is 12.8 Å². The highest BCUT2D eigenvalue weighted by Crippen LogP contribution is 2.26. The van der Waals surface area contributed by atoms with Crippen molar-refractivity contribution in [3.05, 3.63) is 53.3 Å². The maximum absolute atomic E-state index is 9.30. The highest BCUT2D eigenvalue weighted by molar-refractivity contribution is 5.42. The number of benzene rings is 1. The van der Waals surface area contributed by atoms with Gasteiger partial charge >= 0.3 is 0 Å². The second-order valence-corrected chi connectivity index (χ2v) is 3.94. The van der Waals surface area contributed by atoms with Crippen molar-refractivity contribution in [3.8, 4) is 11.8 Å². The third-order valence-electron chi connectivity index (χ3n) is 2.77. The summed E-state index contributed by atoms with van der Waals surface area (Å²) in [6.07, 6.45) is 1.59. The largest absolute Gasteiger partial charge is 0.496 e. The monoisotopic (exact) mass is 239 g/mol. The van der Waals surface area contributed by atoms with Crippen molar-refractivity contribution >= 4 is 0 Å². The molecule has 0 saturated heterocycles. The van der Waals surface area contributed by atoms with Crippen LogP contribution in [0.5, 0.6) is 5.75 Å². The van der Waals surface area contributed by atoms with Crippen LogP contribution in [0.4, 0.5) is 0 Å². The van der Waals surface area contributed by atoms with Crippen molar-refractivity contribution in [2.24, 2.45) is 0 Å². The molecule has 1 atom stereocenters. The molecule has 1 unspecified atom stereocenters. The van der Waals surface area contributed by atoms with E-state index in [2.05, 4.69) is 16.3 Å². The second-order valence-electron chi connectivity index (χ2n) is 3.94. The molecule has 0 aliphatic heterocycles. The van der Waals surface area contributed by atoms with Gasteiger partial charge in [0.05, 0.1) is 18.9 Å². The normalized spacial score (nSPS) is 11.6. The molecule has 4 heteroatoms. The van der Waals surface area contributed by atoms with E-state index >= 15 is 0 Å². The molecule has 0 aliphatic rings. The van der Waals surface area contributed by atoms with E-state index in [9.17, 15) is 5.26 Å². The van der Waals surface area contributed by atoms with Crippen molar-refractivity contribution in [2.75, 3.05) is 7.11 Å². The Labute approximate surface area is 106 Å². The fraction of sp³-hybridized carbons (Fsp3) is 0.214. The predicted octanol–water partition coefficient (Wildman–Crippen LogP) is 2.45. The zero-order valence-electron chi connectivity index (χ0n) is 10.3. The fourth-order valence-corrected chi connectivity index (χ4v) is 1.86. The Kier molecular flexibility index (Phi) is 3.54. The van der Waals surface area contributed by atoms with Crippen LogP contribution in [-0.2, 0) is 0 Å². The Morgan fingerprint density at radius 3 is 2.72 bits per heavy atom. The topological polar surface area (TPSA) is 58.8 Å². The van der Waals surface area contributed by atoms with E-state index in [0.29, 0.717) is 5.69 Å². The summed E-state index contributed by atoms with van der Waals surface area (Å²) in [7, 11) is 1.63. The van der Waals surface area contributed by atoms with Gasteiger partial charge in [-0.05, 0) is 36.2 Å². The van der Waals surface area contributed by atoms with Gasteiger partial charge in [-0.1, -0.05) is 12.1 Å². The lowest BCUT2D eigenvalue weighted by Crippen LogP contribution is -2.02. The van der Waals surface area contributed by atoms with E-state index in [4.69, 9.17) is 4.74 Å². The van der Waals surface area contributed by atoms with Crippen LogP contribution in [0.1, 0.15) is 22.7 Å². The van der Waals surface area contributed by atoms with Crippen LogP contribution in [0, 0.1) is 18.3 Å². The van der Waals surface area contributed by atoms with E-state index < -0.39 is 5.92 Å². The fourth-order valence-electron chi connectivity index (χ4n) is 1.86. The first kappa shape index (κ1) is 12.1. The van der Waals surface area contributed by atoms with E-state index in [0.717, 1.165) is 16.9 Å². The molecule has 0 amide bonds. The SMILES string of the molecule is COc1ccc(C(C#N)c2cccnn2)cc1C. The zero-order valence-corrected chi connectivity index (χ0v) is 10.3. The molecule has 2 aromatic rings. The minimum absolute atomic E-state index is 0.400. The van der Waals surface area contributed by atoms with Gasteiger partial charge in [-0.3, -0.25) is 0 Å². The molecule has 0 N–H and O–H groups in total. The van der Waals surface area contributed by atoms with Gasteiger partial charge in [-0.15, -0.1) is 0 Å². The van der Waals surface area contributed by atoms with E-state index in [1.807, 2.05) is 25.1 Å². The maximum Gasteiger partial charge on any atom is 0.121 e. The van der Waals surface area contributed by atoms with Crippen LogP contribution in [0.3, 0.4) is 0 Å². The lowest BCUT2D eigenvalue weighted by Gasteiger charge is -2.11. The van der Waals surface area contributed by atoms with Crippen molar-refractivity contribution in [1.29, 1.82) is 5.26 Å². The number of nitriles is 1. The second kappa shape index (κ2) is 5.28. The van der Waals surface area contributed by atoms with Gasteiger partial charge in [-0.25, -0.2) is 0 Å². The third kappa shape index (κ3) is 2.30.